The van der Waals surface area contributed by atoms with E-state index >= 15 is 0 Å². The molecule has 5 nitrogen and oxygen atoms in total. The van der Waals surface area contributed by atoms with Crippen LogP contribution in [0.5, 0.6) is 0 Å². The first-order valence-electron chi connectivity index (χ1n) is 5.81. The average Bonchev–Trinajstić information content (AvgIpc) is 2.35. The van der Waals surface area contributed by atoms with Gasteiger partial charge in [0.05, 0.1) is 11.5 Å². The van der Waals surface area contributed by atoms with Gasteiger partial charge >= 0.3 is 0 Å². The lowest BCUT2D eigenvalue weighted by molar-refractivity contribution is 0.234. The van der Waals surface area contributed by atoms with Crippen molar-refractivity contribution < 1.29 is 18.6 Å². The molecule has 0 spiro atoms. The molecule has 0 atom stereocenters. The zero-order chi connectivity index (χ0) is 13.6. The fraction of sp³-hybridized carbons (Fsp3) is 0.500. The van der Waals surface area contributed by atoms with Crippen LogP contribution in [-0.2, 0) is 10.0 Å². The highest BCUT2D eigenvalue weighted by Crippen LogP contribution is 2.16. The monoisotopic (exact) mass is 273 g/mol. The van der Waals surface area contributed by atoms with E-state index in [0.29, 0.717) is 6.42 Å². The maximum atomic E-state index is 12.3. The van der Waals surface area contributed by atoms with Gasteiger partial charge in [0.25, 0.3) is 0 Å². The van der Waals surface area contributed by atoms with E-state index in [1.165, 1.54) is 4.31 Å². The number of aliphatic hydroxyl groups excluding tert-OH is 2. The van der Waals surface area contributed by atoms with Gasteiger partial charge in [-0.15, -0.1) is 0 Å². The Labute approximate surface area is 108 Å². The second kappa shape index (κ2) is 6.84. The summed E-state index contributed by atoms with van der Waals surface area (Å²) in [4.78, 5) is 0.208. The summed E-state index contributed by atoms with van der Waals surface area (Å²) >= 11 is 0. The lowest BCUT2D eigenvalue weighted by Crippen LogP contribution is -2.34. The molecule has 6 heteroatoms. The van der Waals surface area contributed by atoms with E-state index < -0.39 is 10.0 Å². The number of benzene rings is 1. The van der Waals surface area contributed by atoms with E-state index in [-0.39, 0.29) is 31.2 Å². The van der Waals surface area contributed by atoms with Crippen molar-refractivity contribution in [3.05, 3.63) is 29.8 Å². The van der Waals surface area contributed by atoms with Crippen molar-refractivity contribution in [2.75, 3.05) is 26.3 Å². The van der Waals surface area contributed by atoms with Crippen LogP contribution in [0.25, 0.3) is 0 Å². The van der Waals surface area contributed by atoms with E-state index in [1.807, 2.05) is 6.92 Å². The van der Waals surface area contributed by atoms with Gasteiger partial charge < -0.3 is 10.2 Å². The molecule has 0 aromatic heterocycles. The van der Waals surface area contributed by atoms with Gasteiger partial charge in [-0.05, 0) is 25.5 Å². The molecule has 0 aliphatic heterocycles. The Hall–Kier alpha value is -0.950. The molecule has 2 N–H and O–H groups in total. The lowest BCUT2D eigenvalue weighted by atomic mass is 10.2. The number of sulfonamides is 1. The maximum absolute atomic E-state index is 12.3. The third-order valence-corrected chi connectivity index (χ3v) is 4.49. The summed E-state index contributed by atoms with van der Waals surface area (Å²) in [5.74, 6) is 0. The molecular formula is C12H19NO4S. The first kappa shape index (κ1) is 15.1. The van der Waals surface area contributed by atoms with Crippen LogP contribution in [0.4, 0.5) is 0 Å². The van der Waals surface area contributed by atoms with Crippen LogP contribution in [0, 0.1) is 6.92 Å². The minimum atomic E-state index is -3.59. The minimum Gasteiger partial charge on any atom is -0.396 e. The molecule has 1 rings (SSSR count). The maximum Gasteiger partial charge on any atom is 0.243 e. The number of nitrogens with zero attached hydrogens (tertiary/aromatic N) is 1. The summed E-state index contributed by atoms with van der Waals surface area (Å²) in [5, 5.41) is 17.7. The first-order valence-corrected chi connectivity index (χ1v) is 7.25. The van der Waals surface area contributed by atoms with Gasteiger partial charge in [0.15, 0.2) is 0 Å². The van der Waals surface area contributed by atoms with Gasteiger partial charge in [-0.3, -0.25) is 0 Å². The van der Waals surface area contributed by atoms with Crippen LogP contribution in [-0.4, -0.2) is 49.2 Å². The standard InChI is InChI=1S/C12H19NO4S/c1-11-3-5-12(6-4-11)18(16,17)13(8-10-15)7-2-9-14/h3-6,14-15H,2,7-10H2,1H3. The molecule has 0 unspecified atom stereocenters. The lowest BCUT2D eigenvalue weighted by Gasteiger charge is -2.20. The van der Waals surface area contributed by atoms with Gasteiger partial charge in [-0.25, -0.2) is 8.42 Å². The molecule has 0 saturated heterocycles. The topological polar surface area (TPSA) is 77.8 Å². The summed E-state index contributed by atoms with van der Waals surface area (Å²) in [6, 6.07) is 6.56. The molecule has 0 radical (unpaired) electrons. The van der Waals surface area contributed by atoms with Crippen molar-refractivity contribution in [1.29, 1.82) is 0 Å². The first-order chi connectivity index (χ1) is 8.52. The normalized spacial score (nSPS) is 12.0. The van der Waals surface area contributed by atoms with Crippen LogP contribution in [0.3, 0.4) is 0 Å². The number of hydrogen-bond donors (Lipinski definition) is 2. The molecule has 102 valence electrons. The van der Waals surface area contributed by atoms with Gasteiger partial charge in [-0.2, -0.15) is 4.31 Å². The largest absolute Gasteiger partial charge is 0.396 e. The molecule has 0 fully saturated rings. The van der Waals surface area contributed by atoms with Crippen LogP contribution in [0.2, 0.25) is 0 Å². The van der Waals surface area contributed by atoms with E-state index in [9.17, 15) is 8.42 Å². The SMILES string of the molecule is Cc1ccc(S(=O)(=O)N(CCO)CCCO)cc1. The van der Waals surface area contributed by atoms with Crippen molar-refractivity contribution in [2.45, 2.75) is 18.2 Å². The van der Waals surface area contributed by atoms with Gasteiger partial charge in [-0.1, -0.05) is 17.7 Å². The molecule has 0 heterocycles. The predicted molar refractivity (Wildman–Crippen MR) is 68.7 cm³/mol. The zero-order valence-corrected chi connectivity index (χ0v) is 11.2. The van der Waals surface area contributed by atoms with Crippen molar-refractivity contribution in [1.82, 2.24) is 4.31 Å². The molecule has 0 bridgehead atoms. The molecule has 0 saturated carbocycles. The van der Waals surface area contributed by atoms with Crippen LogP contribution < -0.4 is 0 Å². The summed E-state index contributed by atoms with van der Waals surface area (Å²) in [6.07, 6.45) is 0.352. The highest BCUT2D eigenvalue weighted by molar-refractivity contribution is 7.89. The van der Waals surface area contributed by atoms with E-state index in [4.69, 9.17) is 10.2 Å². The number of rotatable bonds is 7. The number of aliphatic hydroxyl groups is 2. The Bertz CT molecular complexity index is 455. The van der Waals surface area contributed by atoms with Crippen molar-refractivity contribution in [3.63, 3.8) is 0 Å². The third-order valence-electron chi connectivity index (χ3n) is 2.57. The fourth-order valence-electron chi connectivity index (χ4n) is 1.57. The summed E-state index contributed by atoms with van der Waals surface area (Å²) in [7, 11) is -3.59. The molecule has 0 amide bonds. The van der Waals surface area contributed by atoms with Gasteiger partial charge in [0, 0.05) is 19.7 Å². The molecule has 0 aliphatic carbocycles. The summed E-state index contributed by atoms with van der Waals surface area (Å²) in [5.41, 5.74) is 0.984. The Morgan fingerprint density at radius 1 is 1.06 bits per heavy atom. The summed E-state index contributed by atoms with van der Waals surface area (Å²) < 4.78 is 25.7. The number of hydrogen-bond acceptors (Lipinski definition) is 4. The zero-order valence-electron chi connectivity index (χ0n) is 10.4. The molecule has 18 heavy (non-hydrogen) atoms. The Morgan fingerprint density at radius 3 is 2.17 bits per heavy atom. The number of aryl methyl sites for hydroxylation is 1. The van der Waals surface area contributed by atoms with Crippen LogP contribution in [0.1, 0.15) is 12.0 Å². The molecule has 1 aromatic carbocycles. The fourth-order valence-corrected chi connectivity index (χ4v) is 3.04. The van der Waals surface area contributed by atoms with E-state index in [2.05, 4.69) is 0 Å². The average molecular weight is 273 g/mol. The smallest absolute Gasteiger partial charge is 0.243 e. The van der Waals surface area contributed by atoms with E-state index in [0.717, 1.165) is 5.56 Å². The highest BCUT2D eigenvalue weighted by Gasteiger charge is 2.23. The van der Waals surface area contributed by atoms with Gasteiger partial charge in [0.1, 0.15) is 0 Å². The third kappa shape index (κ3) is 3.78. The molecular weight excluding hydrogens is 254 g/mol. The van der Waals surface area contributed by atoms with Crippen LogP contribution >= 0.6 is 0 Å². The molecule has 1 aromatic rings. The van der Waals surface area contributed by atoms with E-state index in [1.54, 1.807) is 24.3 Å². The highest BCUT2D eigenvalue weighted by atomic mass is 32.2. The minimum absolute atomic E-state index is 0.0379. The van der Waals surface area contributed by atoms with Crippen LogP contribution in [0.15, 0.2) is 29.2 Å². The molecule has 0 aliphatic rings. The Kier molecular flexibility index (Phi) is 5.74. The quantitative estimate of drug-likeness (QED) is 0.752. The van der Waals surface area contributed by atoms with Crippen molar-refractivity contribution in [3.8, 4) is 0 Å². The predicted octanol–water partition coefficient (Wildman–Crippen LogP) is 0.360. The second-order valence-corrected chi connectivity index (χ2v) is 5.96. The van der Waals surface area contributed by atoms with Crippen molar-refractivity contribution >= 4 is 10.0 Å². The van der Waals surface area contributed by atoms with Crippen molar-refractivity contribution in [2.24, 2.45) is 0 Å². The summed E-state index contributed by atoms with van der Waals surface area (Å²) in [6.45, 7) is 1.80. The van der Waals surface area contributed by atoms with Gasteiger partial charge in [0.2, 0.25) is 10.0 Å². The Morgan fingerprint density at radius 2 is 1.67 bits per heavy atom. The second-order valence-electron chi connectivity index (χ2n) is 4.02. The Balaban J connectivity index is 2.96.